The van der Waals surface area contributed by atoms with Crippen LogP contribution in [-0.4, -0.2) is 56.1 Å². The second-order valence-electron chi connectivity index (χ2n) is 11.3. The van der Waals surface area contributed by atoms with Gasteiger partial charge in [-0.15, -0.1) is 0 Å². The number of hydrogen-bond acceptors (Lipinski definition) is 13. The maximum Gasteiger partial charge on any atom is 0.247 e. The van der Waals surface area contributed by atoms with Crippen LogP contribution in [-0.2, 0) is 67.1 Å². The van der Waals surface area contributed by atoms with Crippen LogP contribution < -0.4 is 0 Å². The minimum Gasteiger partial charge on any atom is -0.321 e. The molecule has 3 saturated heterocycles. The lowest BCUT2D eigenvalue weighted by Gasteiger charge is -2.38. The van der Waals surface area contributed by atoms with Gasteiger partial charge in [-0.1, -0.05) is 75.7 Å². The van der Waals surface area contributed by atoms with Crippen LogP contribution in [0.15, 0.2) is 0 Å². The average molecular weight is 681 g/mol. The Morgan fingerprint density at radius 2 is 0.771 bits per heavy atom. The van der Waals surface area contributed by atoms with E-state index >= 15 is 0 Å². The largest absolute Gasteiger partial charge is 0.321 e. The van der Waals surface area contributed by atoms with E-state index in [0.717, 1.165) is 0 Å². The van der Waals surface area contributed by atoms with E-state index in [1.165, 1.54) is 34.1 Å². The Morgan fingerprint density at radius 1 is 0.571 bits per heavy atom. The summed E-state index contributed by atoms with van der Waals surface area (Å²) in [5, 5.41) is 0. The van der Waals surface area contributed by atoms with Crippen LogP contribution in [0.2, 0.25) is 0 Å². The van der Waals surface area contributed by atoms with Crippen LogP contribution in [0, 0.1) is 16.2 Å². The van der Waals surface area contributed by atoms with Crippen LogP contribution in [0.5, 0.6) is 0 Å². The van der Waals surface area contributed by atoms with Crippen molar-refractivity contribution < 1.29 is 31.7 Å². The normalized spacial score (nSPS) is 28.9. The summed E-state index contributed by atoms with van der Waals surface area (Å²) in [6.07, 6.45) is 0. The molecule has 0 aliphatic carbocycles. The zero-order chi connectivity index (χ0) is 26.2. The predicted molar refractivity (Wildman–Crippen MR) is 165 cm³/mol. The summed E-state index contributed by atoms with van der Waals surface area (Å²) in [5.41, 5.74) is -7.01. The molecule has 0 spiro atoms. The molecule has 3 fully saturated rings. The minimum atomic E-state index is -2.85. The maximum absolute atomic E-state index is 14.3. The number of rotatable bonds is 9. The second kappa shape index (κ2) is 12.1. The highest BCUT2D eigenvalue weighted by Crippen LogP contribution is 2.75. The van der Waals surface area contributed by atoms with E-state index in [-0.39, 0.29) is 16.2 Å². The molecular weight excluding hydrogens is 644 g/mol. The molecule has 0 bridgehead atoms. The van der Waals surface area contributed by atoms with E-state index in [2.05, 4.69) is 41.5 Å². The molecule has 17 heteroatoms. The van der Waals surface area contributed by atoms with Gasteiger partial charge in [0.15, 0.2) is 0 Å². The summed E-state index contributed by atoms with van der Waals surface area (Å²) < 4.78 is 50.0. The molecule has 3 heterocycles. The van der Waals surface area contributed by atoms with Gasteiger partial charge in [0.2, 0.25) is 17.1 Å². The van der Waals surface area contributed by atoms with Gasteiger partial charge in [-0.05, 0) is 35.4 Å². The molecule has 206 valence electrons. The van der Waals surface area contributed by atoms with Gasteiger partial charge < -0.3 is 31.7 Å². The molecule has 0 aromatic carbocycles. The quantitative estimate of drug-likeness (QED) is 0.220. The van der Waals surface area contributed by atoms with E-state index in [4.69, 9.17) is 62.6 Å². The van der Waals surface area contributed by atoms with Crippen molar-refractivity contribution in [3.63, 3.8) is 0 Å². The van der Waals surface area contributed by atoms with Crippen molar-refractivity contribution in [3.8, 4) is 0 Å². The Hall–Kier alpha value is 2.99. The van der Waals surface area contributed by atoms with Crippen molar-refractivity contribution in [2.75, 3.05) is 56.1 Å². The molecule has 35 heavy (non-hydrogen) atoms. The summed E-state index contributed by atoms with van der Waals surface area (Å²) in [5.74, 6) is 0. The molecule has 0 amide bonds. The lowest BCUT2D eigenvalue weighted by atomic mass is 9.97. The molecule has 0 saturated carbocycles. The first kappa shape index (κ1) is 32.5. The van der Waals surface area contributed by atoms with Crippen molar-refractivity contribution >= 4 is 93.8 Å². The van der Waals surface area contributed by atoms with Crippen molar-refractivity contribution in [1.29, 1.82) is 0 Å². The van der Waals surface area contributed by atoms with Gasteiger partial charge >= 0.3 is 0 Å². The van der Waals surface area contributed by atoms with Gasteiger partial charge in [0.05, 0.1) is 56.1 Å². The van der Waals surface area contributed by atoms with Crippen molar-refractivity contribution in [2.24, 2.45) is 16.2 Å². The average Bonchev–Trinajstić information content (AvgIpc) is 2.78. The molecule has 0 N–H and O–H groups in total. The summed E-state index contributed by atoms with van der Waals surface area (Å²) in [4.78, 5) is 0. The Labute approximate surface area is 237 Å². The summed E-state index contributed by atoms with van der Waals surface area (Å²) in [6.45, 7) is 15.6. The predicted octanol–water partition coefficient (Wildman–Crippen LogP) is 8.31. The van der Waals surface area contributed by atoms with Crippen LogP contribution in [0.25, 0.3) is 0 Å². The van der Waals surface area contributed by atoms with Gasteiger partial charge in [-0.2, -0.15) is 0 Å². The first-order valence-corrected chi connectivity index (χ1v) is 26.0. The Morgan fingerprint density at radius 3 is 0.971 bits per heavy atom. The van der Waals surface area contributed by atoms with E-state index in [0.29, 0.717) is 56.1 Å². The minimum absolute atomic E-state index is 0.0798. The van der Waals surface area contributed by atoms with Crippen LogP contribution >= 0.6 is 58.4 Å². The summed E-state index contributed by atoms with van der Waals surface area (Å²) in [7, 11) is -2.85. The fourth-order valence-electron chi connectivity index (χ4n) is 2.62. The Bertz CT molecular complexity index is 814. The molecule has 0 aromatic rings. The highest BCUT2D eigenvalue weighted by Gasteiger charge is 2.41. The van der Waals surface area contributed by atoms with E-state index in [1.54, 1.807) is 0 Å². The lowest BCUT2D eigenvalue weighted by Crippen LogP contribution is -2.29. The molecule has 3 aliphatic heterocycles. The van der Waals surface area contributed by atoms with Gasteiger partial charge in [0, 0.05) is 16.2 Å². The maximum atomic E-state index is 14.3. The van der Waals surface area contributed by atoms with Crippen molar-refractivity contribution in [2.45, 2.75) is 41.5 Å². The summed E-state index contributed by atoms with van der Waals surface area (Å²) >= 11 is 21.2. The first-order chi connectivity index (χ1) is 15.9. The Kier molecular flexibility index (Phi) is 11.2. The van der Waals surface area contributed by atoms with Crippen molar-refractivity contribution in [3.05, 3.63) is 0 Å². The van der Waals surface area contributed by atoms with Gasteiger partial charge in [0.25, 0.3) is 0 Å². The highest BCUT2D eigenvalue weighted by molar-refractivity contribution is 8.71. The third-order valence-corrected chi connectivity index (χ3v) is 28.3. The van der Waals surface area contributed by atoms with Gasteiger partial charge in [-0.25, -0.2) is 0 Å². The lowest BCUT2D eigenvalue weighted by molar-refractivity contribution is 0.0671. The monoisotopic (exact) mass is 680 g/mol. The summed E-state index contributed by atoms with van der Waals surface area (Å²) in [6, 6.07) is 0. The molecule has 0 radical (unpaired) electrons. The topological polar surface area (TPSA) is 72.5 Å². The molecule has 0 unspecified atom stereocenters. The molecule has 7 nitrogen and oxygen atoms in total. The van der Waals surface area contributed by atoms with Gasteiger partial charge in [0.1, 0.15) is 7.14 Å². The van der Waals surface area contributed by atoms with Gasteiger partial charge in [-0.3, -0.25) is 0 Å². The van der Waals surface area contributed by atoms with Crippen LogP contribution in [0.1, 0.15) is 41.5 Å². The molecule has 3 rings (SSSR count). The highest BCUT2D eigenvalue weighted by atomic mass is 32.9. The smallest absolute Gasteiger partial charge is 0.247 e. The van der Waals surface area contributed by atoms with Crippen molar-refractivity contribution in [1.82, 2.24) is 0 Å². The zero-order valence-corrected chi connectivity index (χ0v) is 29.4. The van der Waals surface area contributed by atoms with E-state index in [1.807, 2.05) is 0 Å². The van der Waals surface area contributed by atoms with E-state index < -0.39 is 24.2 Å². The van der Waals surface area contributed by atoms with Crippen LogP contribution in [0.4, 0.5) is 0 Å². The molecular formula is C18H36O7P4S6. The SMILES string of the molecule is CC1(C)COP(=S)(SCP(=O)(CSP2(=S)OCC(C)(C)CO2)CSP2(=S)OCC(C)(C)CO2)OC1. The fourth-order valence-corrected chi connectivity index (χ4v) is 30.0. The Balaban J connectivity index is 1.66. The molecule has 0 atom stereocenters. The molecule has 0 aromatic heterocycles. The first-order valence-electron chi connectivity index (χ1n) is 11.0. The van der Waals surface area contributed by atoms with Crippen LogP contribution in [0.3, 0.4) is 0 Å². The fraction of sp³-hybridized carbons (Fsp3) is 1.00. The number of hydrogen-bond donors (Lipinski definition) is 0. The molecule has 3 aliphatic rings. The third kappa shape index (κ3) is 10.4. The standard InChI is InChI=1S/C18H36O7P4S6/c1-16(2)7-20-27(30,21-8-16)33-13-26(19,14-34-28(31)22-9-17(3,4)10-23-28)15-35-29(32)24-11-18(5,6)12-25-29/h7-15H2,1-6H3. The zero-order valence-electron chi connectivity index (χ0n) is 21.0. The third-order valence-electron chi connectivity index (χ3n) is 5.03. The van der Waals surface area contributed by atoms with E-state index in [9.17, 15) is 4.57 Å². The second-order valence-corrected chi connectivity index (χ2v) is 34.6.